The molecule has 4 rings (SSSR count). The number of thioether (sulfide) groups is 1. The van der Waals surface area contributed by atoms with Crippen LogP contribution in [-0.4, -0.2) is 17.5 Å². The molecule has 0 radical (unpaired) electrons. The number of rotatable bonds is 2. The van der Waals surface area contributed by atoms with Crippen LogP contribution in [0.4, 0.5) is 11.4 Å². The van der Waals surface area contributed by atoms with Gasteiger partial charge < -0.3 is 0 Å². The van der Waals surface area contributed by atoms with E-state index in [4.69, 9.17) is 4.99 Å². The number of aliphatic imine (C=N–C) groups is 1. The summed E-state index contributed by atoms with van der Waals surface area (Å²) in [5, 5.41) is 0. The van der Waals surface area contributed by atoms with Gasteiger partial charge >= 0.3 is 0 Å². The first kappa shape index (κ1) is 13.3. The van der Waals surface area contributed by atoms with Crippen LogP contribution >= 0.6 is 11.8 Å². The fourth-order valence-corrected chi connectivity index (χ4v) is 3.87. The van der Waals surface area contributed by atoms with E-state index >= 15 is 0 Å². The highest BCUT2D eigenvalue weighted by Crippen LogP contribution is 2.41. The molecule has 2 aromatic rings. The van der Waals surface area contributed by atoms with Gasteiger partial charge in [0.2, 0.25) is 0 Å². The van der Waals surface area contributed by atoms with E-state index in [1.54, 1.807) is 16.7 Å². The van der Waals surface area contributed by atoms with Gasteiger partial charge in [0.15, 0.2) is 5.84 Å². The van der Waals surface area contributed by atoms with Crippen molar-refractivity contribution in [2.75, 3.05) is 10.7 Å². The molecular formula is C18H14N2OS. The summed E-state index contributed by atoms with van der Waals surface area (Å²) in [4.78, 5) is 20.3. The maximum atomic E-state index is 12.8. The largest absolute Gasteiger partial charge is 0.269 e. The van der Waals surface area contributed by atoms with Crippen LogP contribution in [0.25, 0.3) is 0 Å². The fourth-order valence-electron chi connectivity index (χ4n) is 2.73. The van der Waals surface area contributed by atoms with Crippen LogP contribution < -0.4 is 4.90 Å². The standard InChI is InChI=1S/C18H14N2OS/c21-18-15-11-12-22-16(15)17(19-13-7-3-1-4-8-13)20(18)14-9-5-2-6-10-14/h1-10H,11-12H2. The number of hydrogen-bond donors (Lipinski definition) is 0. The second kappa shape index (κ2) is 5.46. The lowest BCUT2D eigenvalue weighted by Crippen LogP contribution is -2.32. The molecule has 0 aromatic heterocycles. The third kappa shape index (κ3) is 2.16. The summed E-state index contributed by atoms with van der Waals surface area (Å²) in [5.41, 5.74) is 2.65. The summed E-state index contributed by atoms with van der Waals surface area (Å²) in [6, 6.07) is 19.5. The SMILES string of the molecule is O=C1C2=C(SCC2)C(=Nc2ccccc2)N1c1ccccc1. The Morgan fingerprint density at radius 2 is 1.64 bits per heavy atom. The van der Waals surface area contributed by atoms with Gasteiger partial charge in [-0.2, -0.15) is 0 Å². The molecule has 1 amide bonds. The number of nitrogens with zero attached hydrogens (tertiary/aromatic N) is 2. The molecule has 0 N–H and O–H groups in total. The van der Waals surface area contributed by atoms with E-state index in [-0.39, 0.29) is 5.91 Å². The third-order valence-electron chi connectivity index (χ3n) is 3.75. The fraction of sp³-hybridized carbons (Fsp3) is 0.111. The number of amidine groups is 1. The molecule has 0 saturated heterocycles. The monoisotopic (exact) mass is 306 g/mol. The Hall–Kier alpha value is -2.33. The molecule has 2 aromatic carbocycles. The van der Waals surface area contributed by atoms with Crippen LogP contribution in [0.5, 0.6) is 0 Å². The molecule has 0 spiro atoms. The van der Waals surface area contributed by atoms with Crippen molar-refractivity contribution in [1.29, 1.82) is 0 Å². The number of amides is 1. The van der Waals surface area contributed by atoms with Gasteiger partial charge in [0.1, 0.15) is 0 Å². The van der Waals surface area contributed by atoms with Crippen molar-refractivity contribution in [2.24, 2.45) is 4.99 Å². The molecule has 22 heavy (non-hydrogen) atoms. The molecule has 0 bridgehead atoms. The first-order valence-electron chi connectivity index (χ1n) is 7.24. The summed E-state index contributed by atoms with van der Waals surface area (Å²) in [5.74, 6) is 1.80. The van der Waals surface area contributed by atoms with Gasteiger partial charge in [-0.3, -0.25) is 9.69 Å². The van der Waals surface area contributed by atoms with E-state index in [9.17, 15) is 4.79 Å². The highest BCUT2D eigenvalue weighted by molar-refractivity contribution is 8.04. The van der Waals surface area contributed by atoms with Crippen LogP contribution in [0, 0.1) is 0 Å². The van der Waals surface area contributed by atoms with Crippen molar-refractivity contribution >= 4 is 34.9 Å². The number of hydrogen-bond acceptors (Lipinski definition) is 3. The minimum atomic E-state index is 0.0703. The van der Waals surface area contributed by atoms with Crippen LogP contribution in [0.2, 0.25) is 0 Å². The maximum absolute atomic E-state index is 12.8. The first-order valence-corrected chi connectivity index (χ1v) is 8.23. The molecule has 0 atom stereocenters. The number of benzene rings is 2. The maximum Gasteiger partial charge on any atom is 0.261 e. The second-order valence-electron chi connectivity index (χ2n) is 5.15. The molecule has 3 nitrogen and oxygen atoms in total. The van der Waals surface area contributed by atoms with Crippen molar-refractivity contribution in [2.45, 2.75) is 6.42 Å². The minimum Gasteiger partial charge on any atom is -0.269 e. The van der Waals surface area contributed by atoms with Crippen molar-refractivity contribution in [3.8, 4) is 0 Å². The zero-order valence-electron chi connectivity index (χ0n) is 11.9. The summed E-state index contributed by atoms with van der Waals surface area (Å²) in [7, 11) is 0. The van der Waals surface area contributed by atoms with Gasteiger partial charge in [-0.25, -0.2) is 4.99 Å². The smallest absolute Gasteiger partial charge is 0.261 e. The molecule has 0 fully saturated rings. The Morgan fingerprint density at radius 3 is 2.36 bits per heavy atom. The predicted molar refractivity (Wildman–Crippen MR) is 91.6 cm³/mol. The molecule has 0 aliphatic carbocycles. The Bertz CT molecular complexity index is 781. The number of para-hydroxylation sites is 2. The Balaban J connectivity index is 1.84. The van der Waals surface area contributed by atoms with E-state index in [0.717, 1.165) is 39.9 Å². The topological polar surface area (TPSA) is 32.7 Å². The van der Waals surface area contributed by atoms with E-state index in [0.29, 0.717) is 0 Å². The summed E-state index contributed by atoms with van der Waals surface area (Å²) >= 11 is 1.73. The highest BCUT2D eigenvalue weighted by Gasteiger charge is 2.40. The number of carbonyl (C=O) groups is 1. The number of anilines is 1. The van der Waals surface area contributed by atoms with Crippen LogP contribution in [0.1, 0.15) is 6.42 Å². The van der Waals surface area contributed by atoms with Crippen LogP contribution in [0.3, 0.4) is 0 Å². The number of carbonyl (C=O) groups excluding carboxylic acids is 1. The summed E-state index contributed by atoms with van der Waals surface area (Å²) in [6.45, 7) is 0. The van der Waals surface area contributed by atoms with Crippen molar-refractivity contribution in [3.63, 3.8) is 0 Å². The Morgan fingerprint density at radius 1 is 0.955 bits per heavy atom. The van der Waals surface area contributed by atoms with E-state index in [1.165, 1.54) is 0 Å². The highest BCUT2D eigenvalue weighted by atomic mass is 32.2. The summed E-state index contributed by atoms with van der Waals surface area (Å²) in [6.07, 6.45) is 0.829. The molecule has 0 unspecified atom stereocenters. The van der Waals surface area contributed by atoms with Gasteiger partial charge in [-0.1, -0.05) is 36.4 Å². The normalized spacial score (nSPS) is 19.2. The molecule has 0 saturated carbocycles. The predicted octanol–water partition coefficient (Wildman–Crippen LogP) is 4.15. The molecule has 2 aliphatic heterocycles. The van der Waals surface area contributed by atoms with Crippen molar-refractivity contribution in [3.05, 3.63) is 71.1 Å². The first-order chi connectivity index (χ1) is 10.8. The molecule has 108 valence electrons. The van der Waals surface area contributed by atoms with Crippen LogP contribution in [0.15, 0.2) is 76.1 Å². The average molecular weight is 306 g/mol. The quantitative estimate of drug-likeness (QED) is 0.835. The lowest BCUT2D eigenvalue weighted by molar-refractivity contribution is -0.114. The minimum absolute atomic E-state index is 0.0703. The van der Waals surface area contributed by atoms with E-state index < -0.39 is 0 Å². The van der Waals surface area contributed by atoms with Gasteiger partial charge in [0.05, 0.1) is 16.3 Å². The lowest BCUT2D eigenvalue weighted by atomic mass is 10.2. The van der Waals surface area contributed by atoms with Gasteiger partial charge in [0.25, 0.3) is 5.91 Å². The lowest BCUT2D eigenvalue weighted by Gasteiger charge is -2.19. The zero-order chi connectivity index (χ0) is 14.9. The Kier molecular flexibility index (Phi) is 3.31. The molecule has 4 heteroatoms. The van der Waals surface area contributed by atoms with E-state index in [1.807, 2.05) is 60.7 Å². The third-order valence-corrected chi connectivity index (χ3v) is 4.88. The molecule has 2 heterocycles. The zero-order valence-corrected chi connectivity index (χ0v) is 12.7. The van der Waals surface area contributed by atoms with Crippen molar-refractivity contribution in [1.82, 2.24) is 0 Å². The molecule has 2 aliphatic rings. The average Bonchev–Trinajstić information content (AvgIpc) is 3.13. The van der Waals surface area contributed by atoms with Gasteiger partial charge in [0, 0.05) is 11.3 Å². The summed E-state index contributed by atoms with van der Waals surface area (Å²) < 4.78 is 0. The van der Waals surface area contributed by atoms with Gasteiger partial charge in [-0.05, 0) is 30.7 Å². The van der Waals surface area contributed by atoms with Gasteiger partial charge in [-0.15, -0.1) is 11.8 Å². The Labute approximate surface area is 133 Å². The van der Waals surface area contributed by atoms with E-state index in [2.05, 4.69) is 0 Å². The van der Waals surface area contributed by atoms with Crippen LogP contribution in [-0.2, 0) is 4.79 Å². The molecular weight excluding hydrogens is 292 g/mol. The second-order valence-corrected chi connectivity index (χ2v) is 6.26. The van der Waals surface area contributed by atoms with Crippen molar-refractivity contribution < 1.29 is 4.79 Å².